The van der Waals surface area contributed by atoms with Gasteiger partial charge in [0.2, 0.25) is 0 Å². The Morgan fingerprint density at radius 3 is 2.64 bits per heavy atom. The van der Waals surface area contributed by atoms with E-state index in [0.717, 1.165) is 57.3 Å². The van der Waals surface area contributed by atoms with Crippen LogP contribution in [0.25, 0.3) is 0 Å². The zero-order valence-corrected chi connectivity index (χ0v) is 14.9. The van der Waals surface area contributed by atoms with Gasteiger partial charge in [-0.3, -0.25) is 4.79 Å². The third-order valence-corrected chi connectivity index (χ3v) is 4.67. The molecule has 0 aromatic heterocycles. The van der Waals surface area contributed by atoms with Crippen LogP contribution in [-0.2, 0) is 0 Å². The molecule has 3 N–H and O–H groups in total. The van der Waals surface area contributed by atoms with Gasteiger partial charge in [-0.1, -0.05) is 13.3 Å². The Balaban J connectivity index is 1.73. The van der Waals surface area contributed by atoms with Gasteiger partial charge < -0.3 is 20.9 Å². The minimum Gasteiger partial charge on any atom is -0.371 e. The first-order valence-electron chi connectivity index (χ1n) is 9.42. The number of anilines is 2. The van der Waals surface area contributed by atoms with E-state index in [2.05, 4.69) is 27.8 Å². The van der Waals surface area contributed by atoms with Gasteiger partial charge in [0.15, 0.2) is 0 Å². The SMILES string of the molecule is CCCCNC(=O)Nc1ccc(N2CCCC2)c(C(=O)NC2CC2)c1. The van der Waals surface area contributed by atoms with E-state index >= 15 is 0 Å². The summed E-state index contributed by atoms with van der Waals surface area (Å²) in [5.74, 6) is -0.0422. The molecule has 2 fully saturated rings. The molecule has 2 aliphatic rings. The summed E-state index contributed by atoms with van der Waals surface area (Å²) in [5, 5.41) is 8.73. The van der Waals surface area contributed by atoms with Gasteiger partial charge in [0.1, 0.15) is 0 Å². The number of rotatable bonds is 7. The van der Waals surface area contributed by atoms with Gasteiger partial charge >= 0.3 is 6.03 Å². The van der Waals surface area contributed by atoms with Crippen molar-refractivity contribution in [3.8, 4) is 0 Å². The summed E-state index contributed by atoms with van der Waals surface area (Å²) in [7, 11) is 0. The monoisotopic (exact) mass is 344 g/mol. The van der Waals surface area contributed by atoms with Crippen LogP contribution in [0.3, 0.4) is 0 Å². The molecule has 1 saturated carbocycles. The Kier molecular flexibility index (Phi) is 5.79. The molecule has 1 aliphatic heterocycles. The summed E-state index contributed by atoms with van der Waals surface area (Å²) in [6.07, 6.45) is 6.42. The second kappa shape index (κ2) is 8.23. The maximum absolute atomic E-state index is 12.7. The van der Waals surface area contributed by atoms with Gasteiger partial charge in [0, 0.05) is 37.1 Å². The van der Waals surface area contributed by atoms with Gasteiger partial charge in [-0.25, -0.2) is 4.79 Å². The fourth-order valence-electron chi connectivity index (χ4n) is 3.07. The van der Waals surface area contributed by atoms with Crippen molar-refractivity contribution in [2.24, 2.45) is 0 Å². The van der Waals surface area contributed by atoms with Crippen molar-refractivity contribution < 1.29 is 9.59 Å². The number of amides is 3. The largest absolute Gasteiger partial charge is 0.371 e. The number of carbonyl (C=O) groups is 2. The maximum atomic E-state index is 12.7. The standard InChI is InChI=1S/C19H28N4O2/c1-2-3-10-20-19(25)22-15-8-9-17(23-11-4-5-12-23)16(13-15)18(24)21-14-6-7-14/h8-9,13-14H,2-7,10-12H2,1H3,(H,21,24)(H2,20,22,25). The summed E-state index contributed by atoms with van der Waals surface area (Å²) in [6.45, 7) is 4.70. The van der Waals surface area contributed by atoms with E-state index in [1.807, 2.05) is 12.1 Å². The van der Waals surface area contributed by atoms with Gasteiger partial charge in [-0.15, -0.1) is 0 Å². The molecular formula is C19H28N4O2. The predicted octanol–water partition coefficient (Wildman–Crippen LogP) is 3.10. The van der Waals surface area contributed by atoms with Crippen molar-refractivity contribution in [1.82, 2.24) is 10.6 Å². The fraction of sp³-hybridized carbons (Fsp3) is 0.579. The summed E-state index contributed by atoms with van der Waals surface area (Å²) in [5.41, 5.74) is 2.27. The molecular weight excluding hydrogens is 316 g/mol. The molecule has 136 valence electrons. The normalized spacial score (nSPS) is 16.6. The smallest absolute Gasteiger partial charge is 0.319 e. The van der Waals surface area contributed by atoms with Crippen molar-refractivity contribution in [1.29, 1.82) is 0 Å². The van der Waals surface area contributed by atoms with Crippen LogP contribution in [0.4, 0.5) is 16.2 Å². The lowest BCUT2D eigenvalue weighted by Crippen LogP contribution is -2.31. The molecule has 3 amide bonds. The van der Waals surface area contributed by atoms with E-state index < -0.39 is 0 Å². The van der Waals surface area contributed by atoms with Crippen LogP contribution < -0.4 is 20.9 Å². The number of nitrogens with one attached hydrogen (secondary N) is 3. The first kappa shape index (κ1) is 17.6. The Labute approximate surface area is 149 Å². The van der Waals surface area contributed by atoms with Crippen molar-refractivity contribution in [3.63, 3.8) is 0 Å². The van der Waals surface area contributed by atoms with E-state index in [1.165, 1.54) is 0 Å². The second-order valence-corrected chi connectivity index (χ2v) is 6.91. The van der Waals surface area contributed by atoms with Crippen LogP contribution in [-0.4, -0.2) is 37.6 Å². The molecule has 0 radical (unpaired) electrons. The zero-order chi connectivity index (χ0) is 17.6. The molecule has 1 aromatic carbocycles. The molecule has 1 heterocycles. The Bertz CT molecular complexity index is 622. The van der Waals surface area contributed by atoms with Crippen LogP contribution in [0.5, 0.6) is 0 Å². The third-order valence-electron chi connectivity index (χ3n) is 4.67. The van der Waals surface area contributed by atoms with E-state index in [9.17, 15) is 9.59 Å². The summed E-state index contributed by atoms with van der Waals surface area (Å²) in [6, 6.07) is 5.71. The number of hydrogen-bond acceptors (Lipinski definition) is 3. The van der Waals surface area contributed by atoms with Crippen molar-refractivity contribution in [3.05, 3.63) is 23.8 Å². The second-order valence-electron chi connectivity index (χ2n) is 6.91. The number of urea groups is 1. The van der Waals surface area contributed by atoms with Gasteiger partial charge in [-0.05, 0) is 50.3 Å². The highest BCUT2D eigenvalue weighted by molar-refractivity contribution is 6.02. The van der Waals surface area contributed by atoms with Gasteiger partial charge in [0.05, 0.1) is 5.56 Å². The number of unbranched alkanes of at least 4 members (excludes halogenated alkanes) is 1. The fourth-order valence-corrected chi connectivity index (χ4v) is 3.07. The summed E-state index contributed by atoms with van der Waals surface area (Å²) < 4.78 is 0. The molecule has 6 heteroatoms. The Hall–Kier alpha value is -2.24. The molecule has 25 heavy (non-hydrogen) atoms. The highest BCUT2D eigenvalue weighted by Gasteiger charge is 2.26. The molecule has 3 rings (SSSR count). The predicted molar refractivity (Wildman–Crippen MR) is 100 cm³/mol. The van der Waals surface area contributed by atoms with E-state index in [0.29, 0.717) is 23.8 Å². The van der Waals surface area contributed by atoms with Crippen LogP contribution in [0.15, 0.2) is 18.2 Å². The maximum Gasteiger partial charge on any atom is 0.319 e. The van der Waals surface area contributed by atoms with Gasteiger partial charge in [0.25, 0.3) is 5.91 Å². The van der Waals surface area contributed by atoms with Crippen molar-refractivity contribution >= 4 is 23.3 Å². The molecule has 1 aliphatic carbocycles. The van der Waals surface area contributed by atoms with Crippen LogP contribution in [0.2, 0.25) is 0 Å². The zero-order valence-electron chi connectivity index (χ0n) is 14.9. The molecule has 0 atom stereocenters. The first-order valence-corrected chi connectivity index (χ1v) is 9.42. The average molecular weight is 344 g/mol. The van der Waals surface area contributed by atoms with E-state index in [-0.39, 0.29) is 11.9 Å². The van der Waals surface area contributed by atoms with Crippen molar-refractivity contribution in [2.45, 2.75) is 51.5 Å². The highest BCUT2D eigenvalue weighted by atomic mass is 16.2. The van der Waals surface area contributed by atoms with E-state index in [4.69, 9.17) is 0 Å². The quantitative estimate of drug-likeness (QED) is 0.666. The highest BCUT2D eigenvalue weighted by Crippen LogP contribution is 2.29. The summed E-state index contributed by atoms with van der Waals surface area (Å²) >= 11 is 0. The van der Waals surface area contributed by atoms with Gasteiger partial charge in [-0.2, -0.15) is 0 Å². The van der Waals surface area contributed by atoms with E-state index in [1.54, 1.807) is 6.07 Å². The summed E-state index contributed by atoms with van der Waals surface area (Å²) in [4.78, 5) is 26.9. The molecule has 6 nitrogen and oxygen atoms in total. The number of nitrogens with zero attached hydrogens (tertiary/aromatic N) is 1. The lowest BCUT2D eigenvalue weighted by molar-refractivity contribution is 0.0951. The molecule has 0 bridgehead atoms. The Morgan fingerprint density at radius 1 is 1.20 bits per heavy atom. The lowest BCUT2D eigenvalue weighted by atomic mass is 10.1. The third kappa shape index (κ3) is 4.87. The topological polar surface area (TPSA) is 73.5 Å². The van der Waals surface area contributed by atoms with Crippen LogP contribution >= 0.6 is 0 Å². The number of carbonyl (C=O) groups excluding carboxylic acids is 2. The minimum absolute atomic E-state index is 0.0422. The molecule has 0 unspecified atom stereocenters. The molecule has 0 spiro atoms. The number of hydrogen-bond donors (Lipinski definition) is 3. The van der Waals surface area contributed by atoms with Crippen LogP contribution in [0, 0.1) is 0 Å². The lowest BCUT2D eigenvalue weighted by Gasteiger charge is -2.22. The first-order chi connectivity index (χ1) is 12.2. The molecule has 1 aromatic rings. The van der Waals surface area contributed by atoms with Crippen molar-refractivity contribution in [2.75, 3.05) is 29.9 Å². The molecule has 1 saturated heterocycles. The minimum atomic E-state index is -0.226. The number of benzene rings is 1. The Morgan fingerprint density at radius 2 is 1.96 bits per heavy atom. The average Bonchev–Trinajstić information content (AvgIpc) is 3.24. The van der Waals surface area contributed by atoms with Crippen LogP contribution in [0.1, 0.15) is 55.8 Å².